The second-order valence-electron chi connectivity index (χ2n) is 5.00. The maximum Gasteiger partial charge on any atom is 0.0105 e. The molecule has 14 heavy (non-hydrogen) atoms. The van der Waals surface area contributed by atoms with Gasteiger partial charge in [-0.3, -0.25) is 0 Å². The molecule has 2 nitrogen and oxygen atoms in total. The minimum Gasteiger partial charge on any atom is -0.329 e. The molecule has 0 unspecified atom stereocenters. The molecule has 0 heterocycles. The third-order valence-electron chi connectivity index (χ3n) is 2.49. The Balaban J connectivity index is 3.65. The van der Waals surface area contributed by atoms with Crippen LogP contribution >= 0.6 is 0 Å². The van der Waals surface area contributed by atoms with Crippen LogP contribution in [0.25, 0.3) is 0 Å². The minimum atomic E-state index is 0.788. The summed E-state index contributed by atoms with van der Waals surface area (Å²) < 4.78 is 0. The topological polar surface area (TPSA) is 29.3 Å². The Bertz CT molecular complexity index is 109. The van der Waals surface area contributed by atoms with Crippen molar-refractivity contribution in [1.82, 2.24) is 4.90 Å². The van der Waals surface area contributed by atoms with Crippen molar-refractivity contribution in [3.05, 3.63) is 0 Å². The number of hydrogen-bond acceptors (Lipinski definition) is 2. The Morgan fingerprint density at radius 2 is 1.29 bits per heavy atom. The highest BCUT2D eigenvalue weighted by atomic mass is 15.1. The lowest BCUT2D eigenvalue weighted by Gasteiger charge is -2.23. The first-order valence-corrected chi connectivity index (χ1v) is 5.98. The average molecular weight is 200 g/mol. The molecule has 0 atom stereocenters. The molecule has 2 heteroatoms. The van der Waals surface area contributed by atoms with Gasteiger partial charge in [0.25, 0.3) is 0 Å². The Morgan fingerprint density at radius 3 is 1.57 bits per heavy atom. The third kappa shape index (κ3) is 8.52. The molecule has 0 saturated heterocycles. The van der Waals surface area contributed by atoms with Gasteiger partial charge in [-0.1, -0.05) is 27.7 Å². The van der Waals surface area contributed by atoms with E-state index < -0.39 is 0 Å². The number of rotatable bonds is 8. The van der Waals surface area contributed by atoms with E-state index in [0.717, 1.165) is 24.9 Å². The molecule has 0 saturated carbocycles. The van der Waals surface area contributed by atoms with Gasteiger partial charge < -0.3 is 10.6 Å². The third-order valence-corrected chi connectivity index (χ3v) is 2.49. The van der Waals surface area contributed by atoms with Crippen molar-refractivity contribution in [2.24, 2.45) is 17.6 Å². The molecule has 0 radical (unpaired) electrons. The zero-order valence-corrected chi connectivity index (χ0v) is 10.4. The predicted octanol–water partition coefficient (Wildman–Crippen LogP) is 2.34. The van der Waals surface area contributed by atoms with Crippen molar-refractivity contribution in [3.63, 3.8) is 0 Å². The van der Waals surface area contributed by atoms with Gasteiger partial charge >= 0.3 is 0 Å². The second kappa shape index (κ2) is 8.25. The summed E-state index contributed by atoms with van der Waals surface area (Å²) in [6.45, 7) is 13.4. The summed E-state index contributed by atoms with van der Waals surface area (Å²) in [6, 6.07) is 0. The zero-order chi connectivity index (χ0) is 11.0. The molecule has 0 aromatic heterocycles. The molecule has 0 aliphatic heterocycles. The van der Waals surface area contributed by atoms with Crippen molar-refractivity contribution in [3.8, 4) is 0 Å². The normalized spacial score (nSPS) is 12.0. The van der Waals surface area contributed by atoms with Gasteiger partial charge in [0.15, 0.2) is 0 Å². The highest BCUT2D eigenvalue weighted by molar-refractivity contribution is 4.61. The molecule has 0 aromatic carbocycles. The van der Waals surface area contributed by atoms with Crippen LogP contribution in [0.2, 0.25) is 0 Å². The summed E-state index contributed by atoms with van der Waals surface area (Å²) in [7, 11) is 0. The second-order valence-corrected chi connectivity index (χ2v) is 5.00. The molecular weight excluding hydrogens is 172 g/mol. The summed E-state index contributed by atoms with van der Waals surface area (Å²) in [5.74, 6) is 1.60. The number of nitrogens with zero attached hydrogens (tertiary/aromatic N) is 1. The van der Waals surface area contributed by atoms with E-state index >= 15 is 0 Å². The zero-order valence-electron chi connectivity index (χ0n) is 10.4. The lowest BCUT2D eigenvalue weighted by atomic mass is 10.1. The number of hydrogen-bond donors (Lipinski definition) is 1. The lowest BCUT2D eigenvalue weighted by Crippen LogP contribution is -2.32. The minimum absolute atomic E-state index is 0.788. The van der Waals surface area contributed by atoms with E-state index in [1.807, 2.05) is 0 Å². The molecule has 0 bridgehead atoms. The Morgan fingerprint density at radius 1 is 0.857 bits per heavy atom. The lowest BCUT2D eigenvalue weighted by molar-refractivity contribution is 0.249. The molecule has 0 amide bonds. The monoisotopic (exact) mass is 200 g/mol. The van der Waals surface area contributed by atoms with Crippen molar-refractivity contribution >= 4 is 0 Å². The first-order chi connectivity index (χ1) is 6.56. The van der Waals surface area contributed by atoms with E-state index in [-0.39, 0.29) is 0 Å². The largest absolute Gasteiger partial charge is 0.329 e. The van der Waals surface area contributed by atoms with Gasteiger partial charge in [-0.2, -0.15) is 0 Å². The molecule has 0 aromatic rings. The van der Waals surface area contributed by atoms with Crippen molar-refractivity contribution < 1.29 is 0 Å². The van der Waals surface area contributed by atoms with Crippen LogP contribution in [0, 0.1) is 11.8 Å². The fourth-order valence-electron chi connectivity index (χ4n) is 1.40. The van der Waals surface area contributed by atoms with Crippen LogP contribution in [0.3, 0.4) is 0 Å². The van der Waals surface area contributed by atoms with Crippen LogP contribution in [-0.2, 0) is 0 Å². The fraction of sp³-hybridized carbons (Fsp3) is 1.00. The van der Waals surface area contributed by atoms with Gasteiger partial charge in [0.2, 0.25) is 0 Å². The van der Waals surface area contributed by atoms with Crippen LogP contribution in [0.4, 0.5) is 0 Å². The van der Waals surface area contributed by atoms with Crippen molar-refractivity contribution in [2.75, 3.05) is 26.2 Å². The van der Waals surface area contributed by atoms with E-state index in [4.69, 9.17) is 5.73 Å². The van der Waals surface area contributed by atoms with Crippen LogP contribution in [0.5, 0.6) is 0 Å². The van der Waals surface area contributed by atoms with Crippen molar-refractivity contribution in [1.29, 1.82) is 0 Å². The smallest absolute Gasteiger partial charge is 0.0105 e. The van der Waals surface area contributed by atoms with Gasteiger partial charge in [0.05, 0.1) is 0 Å². The van der Waals surface area contributed by atoms with Crippen molar-refractivity contribution in [2.45, 2.75) is 40.5 Å². The fourth-order valence-corrected chi connectivity index (χ4v) is 1.40. The highest BCUT2D eigenvalue weighted by Gasteiger charge is 2.05. The van der Waals surface area contributed by atoms with E-state index in [2.05, 4.69) is 32.6 Å². The average Bonchev–Trinajstić information content (AvgIpc) is 2.09. The van der Waals surface area contributed by atoms with Gasteiger partial charge in [-0.05, 0) is 37.8 Å². The van der Waals surface area contributed by atoms with Gasteiger partial charge in [-0.15, -0.1) is 0 Å². The Labute approximate surface area is 89.9 Å². The Hall–Kier alpha value is -0.0800. The molecule has 0 fully saturated rings. The molecule has 2 N–H and O–H groups in total. The molecular formula is C12H28N2. The summed E-state index contributed by atoms with van der Waals surface area (Å²) in [4.78, 5) is 2.50. The molecule has 86 valence electrons. The molecule has 0 spiro atoms. The van der Waals surface area contributed by atoms with Crippen LogP contribution < -0.4 is 5.73 Å². The SMILES string of the molecule is CC(C)CCN(CCN)CCC(C)C. The number of nitrogens with two attached hydrogens (primary N) is 1. The van der Waals surface area contributed by atoms with E-state index in [0.29, 0.717) is 0 Å². The highest BCUT2D eigenvalue weighted by Crippen LogP contribution is 2.05. The quantitative estimate of drug-likeness (QED) is 0.651. The first kappa shape index (κ1) is 13.9. The van der Waals surface area contributed by atoms with Gasteiger partial charge in [-0.25, -0.2) is 0 Å². The van der Waals surface area contributed by atoms with Gasteiger partial charge in [0.1, 0.15) is 0 Å². The maximum atomic E-state index is 5.60. The standard InChI is InChI=1S/C12H28N2/c1-11(2)5-8-14(10-7-13)9-6-12(3)4/h11-12H,5-10,13H2,1-4H3. The molecule has 0 aliphatic carbocycles. The molecule has 0 rings (SSSR count). The summed E-state index contributed by atoms with van der Waals surface area (Å²) >= 11 is 0. The van der Waals surface area contributed by atoms with Gasteiger partial charge in [0, 0.05) is 13.1 Å². The first-order valence-electron chi connectivity index (χ1n) is 5.98. The maximum absolute atomic E-state index is 5.60. The summed E-state index contributed by atoms with van der Waals surface area (Å²) in [5.41, 5.74) is 5.60. The van der Waals surface area contributed by atoms with E-state index in [1.165, 1.54) is 25.9 Å². The van der Waals surface area contributed by atoms with Crippen LogP contribution in [0.1, 0.15) is 40.5 Å². The van der Waals surface area contributed by atoms with Crippen LogP contribution in [-0.4, -0.2) is 31.1 Å². The van der Waals surface area contributed by atoms with Crippen LogP contribution in [0.15, 0.2) is 0 Å². The predicted molar refractivity (Wildman–Crippen MR) is 64.4 cm³/mol. The molecule has 0 aliphatic rings. The van der Waals surface area contributed by atoms with E-state index in [9.17, 15) is 0 Å². The summed E-state index contributed by atoms with van der Waals surface area (Å²) in [6.07, 6.45) is 2.58. The summed E-state index contributed by atoms with van der Waals surface area (Å²) in [5, 5.41) is 0. The Kier molecular flexibility index (Phi) is 8.20. The van der Waals surface area contributed by atoms with E-state index in [1.54, 1.807) is 0 Å².